The number of carbonyl (C=O) groups excluding carboxylic acids is 1. The highest BCUT2D eigenvalue weighted by molar-refractivity contribution is 7.98. The van der Waals surface area contributed by atoms with Crippen LogP contribution in [0.25, 0.3) is 0 Å². The molecular formula is C20H18N6O2S. The van der Waals surface area contributed by atoms with Crippen LogP contribution in [0.3, 0.4) is 0 Å². The van der Waals surface area contributed by atoms with E-state index in [1.54, 1.807) is 41.5 Å². The fourth-order valence-corrected chi connectivity index (χ4v) is 3.54. The average Bonchev–Trinajstić information content (AvgIpc) is 3.36. The van der Waals surface area contributed by atoms with Crippen molar-refractivity contribution < 1.29 is 9.32 Å². The molecule has 0 atom stereocenters. The van der Waals surface area contributed by atoms with Crippen LogP contribution >= 0.6 is 11.8 Å². The zero-order chi connectivity index (χ0) is 20.1. The van der Waals surface area contributed by atoms with Crippen LogP contribution in [0.15, 0.2) is 70.6 Å². The second kappa shape index (κ2) is 8.70. The lowest BCUT2D eigenvalue weighted by Gasteiger charge is -2.07. The maximum atomic E-state index is 12.8. The van der Waals surface area contributed by atoms with Crippen molar-refractivity contribution in [2.75, 3.05) is 5.32 Å². The topological polar surface area (TPSA) is 98.7 Å². The fraction of sp³-hybridized carbons (Fsp3) is 0.150. The van der Waals surface area contributed by atoms with Gasteiger partial charge in [-0.05, 0) is 31.2 Å². The van der Waals surface area contributed by atoms with E-state index in [2.05, 4.69) is 25.5 Å². The third-order valence-electron chi connectivity index (χ3n) is 3.98. The van der Waals surface area contributed by atoms with Gasteiger partial charge in [0.2, 0.25) is 0 Å². The van der Waals surface area contributed by atoms with Gasteiger partial charge >= 0.3 is 0 Å². The number of aryl methyl sites for hydroxylation is 1. The molecule has 0 radical (unpaired) electrons. The summed E-state index contributed by atoms with van der Waals surface area (Å²) in [5, 5.41) is 11.8. The summed E-state index contributed by atoms with van der Waals surface area (Å²) in [6, 6.07) is 12.8. The minimum Gasteiger partial charge on any atom is -0.361 e. The van der Waals surface area contributed by atoms with E-state index in [9.17, 15) is 4.79 Å². The monoisotopic (exact) mass is 406 g/mol. The van der Waals surface area contributed by atoms with Gasteiger partial charge in [-0.2, -0.15) is 5.10 Å². The van der Waals surface area contributed by atoms with Crippen molar-refractivity contribution in [2.24, 2.45) is 0 Å². The molecule has 4 heterocycles. The number of thioether (sulfide) groups is 1. The number of carbonyl (C=O) groups is 1. The van der Waals surface area contributed by atoms with Crippen LogP contribution in [-0.2, 0) is 12.3 Å². The molecule has 4 aromatic heterocycles. The summed E-state index contributed by atoms with van der Waals surface area (Å²) in [5.41, 5.74) is 2.18. The molecular weight excluding hydrogens is 388 g/mol. The van der Waals surface area contributed by atoms with Gasteiger partial charge in [0.05, 0.1) is 23.5 Å². The molecule has 4 rings (SSSR count). The average molecular weight is 406 g/mol. The highest BCUT2D eigenvalue weighted by Gasteiger charge is 2.15. The van der Waals surface area contributed by atoms with Crippen molar-refractivity contribution in [1.29, 1.82) is 0 Å². The second-order valence-corrected chi connectivity index (χ2v) is 7.21. The Bertz CT molecular complexity index is 1110. The summed E-state index contributed by atoms with van der Waals surface area (Å²) < 4.78 is 6.80. The van der Waals surface area contributed by atoms with Gasteiger partial charge in [-0.3, -0.25) is 14.5 Å². The molecule has 146 valence electrons. The quantitative estimate of drug-likeness (QED) is 0.469. The van der Waals surface area contributed by atoms with Gasteiger partial charge in [0.1, 0.15) is 10.8 Å². The maximum Gasteiger partial charge on any atom is 0.259 e. The van der Waals surface area contributed by atoms with E-state index >= 15 is 0 Å². The first-order valence-corrected chi connectivity index (χ1v) is 9.90. The van der Waals surface area contributed by atoms with Gasteiger partial charge in [0.15, 0.2) is 5.82 Å². The van der Waals surface area contributed by atoms with Crippen LogP contribution in [0.1, 0.15) is 27.5 Å². The molecule has 0 aliphatic carbocycles. The van der Waals surface area contributed by atoms with Gasteiger partial charge in [0, 0.05) is 36.5 Å². The Morgan fingerprint density at radius 3 is 2.83 bits per heavy atom. The normalized spacial score (nSPS) is 10.8. The zero-order valence-electron chi connectivity index (χ0n) is 15.6. The van der Waals surface area contributed by atoms with E-state index in [1.807, 2.05) is 31.2 Å². The molecule has 9 heteroatoms. The van der Waals surface area contributed by atoms with Crippen LogP contribution in [0.5, 0.6) is 0 Å². The van der Waals surface area contributed by atoms with Crippen molar-refractivity contribution in [1.82, 2.24) is 24.9 Å². The Balaban J connectivity index is 1.42. The summed E-state index contributed by atoms with van der Waals surface area (Å²) in [6.07, 6.45) is 5.20. The van der Waals surface area contributed by atoms with E-state index < -0.39 is 0 Å². The largest absolute Gasteiger partial charge is 0.361 e. The molecule has 29 heavy (non-hydrogen) atoms. The first-order valence-electron chi connectivity index (χ1n) is 8.92. The molecule has 0 spiro atoms. The van der Waals surface area contributed by atoms with E-state index in [0.717, 1.165) is 17.1 Å². The lowest BCUT2D eigenvalue weighted by molar-refractivity contribution is 0.102. The van der Waals surface area contributed by atoms with Crippen molar-refractivity contribution in [3.05, 3.63) is 83.8 Å². The summed E-state index contributed by atoms with van der Waals surface area (Å²) in [5.74, 6) is 1.52. The third-order valence-corrected chi connectivity index (χ3v) is 5.02. The lowest BCUT2D eigenvalue weighted by atomic mass is 10.2. The molecule has 0 aliphatic heterocycles. The SMILES string of the molecule is Cc1cc(CSc2ncccc2C(=O)Nc2ccn(Cc3ccccn3)n2)no1. The minimum absolute atomic E-state index is 0.264. The van der Waals surface area contributed by atoms with Crippen LogP contribution in [0.2, 0.25) is 0 Å². The molecule has 8 nitrogen and oxygen atoms in total. The van der Waals surface area contributed by atoms with E-state index in [1.165, 1.54) is 11.8 Å². The molecule has 1 N–H and O–H groups in total. The van der Waals surface area contributed by atoms with Crippen molar-refractivity contribution in [3.63, 3.8) is 0 Å². The summed E-state index contributed by atoms with van der Waals surface area (Å²) in [6.45, 7) is 2.37. The Hall–Kier alpha value is -3.46. The van der Waals surface area contributed by atoms with Crippen molar-refractivity contribution in [2.45, 2.75) is 24.2 Å². The van der Waals surface area contributed by atoms with Gasteiger partial charge in [-0.15, -0.1) is 0 Å². The highest BCUT2D eigenvalue weighted by Crippen LogP contribution is 2.24. The molecule has 0 aliphatic rings. The highest BCUT2D eigenvalue weighted by atomic mass is 32.2. The maximum absolute atomic E-state index is 12.8. The van der Waals surface area contributed by atoms with E-state index in [-0.39, 0.29) is 5.91 Å². The van der Waals surface area contributed by atoms with E-state index in [0.29, 0.717) is 28.7 Å². The number of rotatable bonds is 7. The summed E-state index contributed by atoms with van der Waals surface area (Å²) in [7, 11) is 0. The van der Waals surface area contributed by atoms with Crippen LogP contribution in [-0.4, -0.2) is 30.8 Å². The van der Waals surface area contributed by atoms with Crippen molar-refractivity contribution in [3.8, 4) is 0 Å². The number of aromatic nitrogens is 5. The Labute approximate surface area is 171 Å². The van der Waals surface area contributed by atoms with Crippen LogP contribution in [0, 0.1) is 6.92 Å². The fourth-order valence-electron chi connectivity index (χ4n) is 2.66. The number of anilines is 1. The van der Waals surface area contributed by atoms with Gasteiger partial charge < -0.3 is 9.84 Å². The van der Waals surface area contributed by atoms with Gasteiger partial charge in [0.25, 0.3) is 5.91 Å². The van der Waals surface area contributed by atoms with Crippen LogP contribution in [0.4, 0.5) is 5.82 Å². The van der Waals surface area contributed by atoms with Crippen LogP contribution < -0.4 is 5.32 Å². The number of nitrogens with zero attached hydrogens (tertiary/aromatic N) is 5. The van der Waals surface area contributed by atoms with Gasteiger partial charge in [-0.1, -0.05) is 23.0 Å². The molecule has 0 saturated heterocycles. The first kappa shape index (κ1) is 18.9. The summed E-state index contributed by atoms with van der Waals surface area (Å²) >= 11 is 1.43. The molecule has 0 fully saturated rings. The zero-order valence-corrected chi connectivity index (χ0v) is 16.5. The predicted octanol–water partition coefficient (Wildman–Crippen LogP) is 3.56. The third kappa shape index (κ3) is 4.88. The van der Waals surface area contributed by atoms with Crippen molar-refractivity contribution >= 4 is 23.5 Å². The summed E-state index contributed by atoms with van der Waals surface area (Å²) in [4.78, 5) is 21.4. The molecule has 0 aromatic carbocycles. The Kier molecular flexibility index (Phi) is 5.66. The molecule has 0 unspecified atom stereocenters. The van der Waals surface area contributed by atoms with Gasteiger partial charge in [-0.25, -0.2) is 4.98 Å². The predicted molar refractivity (Wildman–Crippen MR) is 109 cm³/mol. The number of pyridine rings is 2. The standard InChI is InChI=1S/C20H18N6O2S/c1-14-11-16(25-28-14)13-29-20-17(6-4-9-22-20)19(27)23-18-7-10-26(24-18)12-15-5-2-3-8-21-15/h2-11H,12-13H2,1H3,(H,23,24,27). The second-order valence-electron chi connectivity index (χ2n) is 6.25. The number of hydrogen-bond donors (Lipinski definition) is 1. The number of nitrogens with one attached hydrogen (secondary N) is 1. The molecule has 0 bridgehead atoms. The lowest BCUT2D eigenvalue weighted by Crippen LogP contribution is -2.14. The molecule has 4 aromatic rings. The number of amides is 1. The Morgan fingerprint density at radius 1 is 1.14 bits per heavy atom. The smallest absolute Gasteiger partial charge is 0.259 e. The first-order chi connectivity index (χ1) is 14.2. The minimum atomic E-state index is -0.264. The molecule has 0 saturated carbocycles. The number of hydrogen-bond acceptors (Lipinski definition) is 7. The molecule has 1 amide bonds. The Morgan fingerprint density at radius 2 is 2.03 bits per heavy atom. The van der Waals surface area contributed by atoms with E-state index in [4.69, 9.17) is 4.52 Å².